The van der Waals surface area contributed by atoms with E-state index >= 15 is 0 Å². The average molecular weight is 346 g/mol. The molecular weight excluding hydrogens is 326 g/mol. The highest BCUT2D eigenvalue weighted by Crippen LogP contribution is 2.23. The predicted octanol–water partition coefficient (Wildman–Crippen LogP) is 1.79. The van der Waals surface area contributed by atoms with Crippen LogP contribution in [0.5, 0.6) is 0 Å². The number of amides is 2. The van der Waals surface area contributed by atoms with E-state index in [0.29, 0.717) is 0 Å². The minimum Gasteiger partial charge on any atom is -0.453 e. The Balaban J connectivity index is 1.78. The Labute approximate surface area is 139 Å². The standard InChI is InChI=1S/C14H20ClN3O3S/c1-10(13(19)16-14(20)21-2)18-7-5-17(6-8-18)9-11-3-4-12(15)22-11/h3-4,10H,5-9H2,1-2H3,(H,16,19,20)/t10-/m0/s1. The molecule has 0 aliphatic carbocycles. The summed E-state index contributed by atoms with van der Waals surface area (Å²) in [6, 6.07) is 3.61. The SMILES string of the molecule is COC(=O)NC(=O)[C@H](C)N1CCN(Cc2ccc(Cl)s2)CC1. The van der Waals surface area contributed by atoms with E-state index in [2.05, 4.69) is 19.9 Å². The summed E-state index contributed by atoms with van der Waals surface area (Å²) in [6.07, 6.45) is -0.718. The number of ether oxygens (including phenoxy) is 1. The third-order valence-electron chi connectivity index (χ3n) is 3.75. The van der Waals surface area contributed by atoms with Gasteiger partial charge >= 0.3 is 6.09 Å². The number of carbonyl (C=O) groups excluding carboxylic acids is 2. The third kappa shape index (κ3) is 4.67. The van der Waals surface area contributed by atoms with Crippen molar-refractivity contribution in [3.05, 3.63) is 21.3 Å². The van der Waals surface area contributed by atoms with Crippen LogP contribution in [-0.4, -0.2) is 61.1 Å². The first-order valence-electron chi connectivity index (χ1n) is 7.09. The first kappa shape index (κ1) is 17.2. The lowest BCUT2D eigenvalue weighted by Crippen LogP contribution is -2.54. The number of rotatable bonds is 4. The first-order valence-corrected chi connectivity index (χ1v) is 8.28. The number of halogens is 1. The Morgan fingerprint density at radius 3 is 2.59 bits per heavy atom. The van der Waals surface area contributed by atoms with Crippen molar-refractivity contribution in [1.29, 1.82) is 0 Å². The molecule has 0 radical (unpaired) electrons. The van der Waals surface area contributed by atoms with Crippen LogP contribution in [0.25, 0.3) is 0 Å². The molecule has 1 N–H and O–H groups in total. The van der Waals surface area contributed by atoms with E-state index in [1.54, 1.807) is 18.3 Å². The molecule has 0 aromatic carbocycles. The van der Waals surface area contributed by atoms with Crippen molar-refractivity contribution in [2.45, 2.75) is 19.5 Å². The van der Waals surface area contributed by atoms with Gasteiger partial charge in [0.05, 0.1) is 17.5 Å². The van der Waals surface area contributed by atoms with Crippen molar-refractivity contribution in [3.8, 4) is 0 Å². The molecule has 0 spiro atoms. The smallest absolute Gasteiger partial charge is 0.413 e. The van der Waals surface area contributed by atoms with Crippen LogP contribution in [0.1, 0.15) is 11.8 Å². The lowest BCUT2D eigenvalue weighted by atomic mass is 10.2. The largest absolute Gasteiger partial charge is 0.453 e. The fourth-order valence-electron chi connectivity index (χ4n) is 2.39. The molecule has 22 heavy (non-hydrogen) atoms. The Morgan fingerprint density at radius 2 is 2.05 bits per heavy atom. The number of methoxy groups -OCH3 is 1. The molecule has 8 heteroatoms. The zero-order chi connectivity index (χ0) is 16.1. The molecule has 0 bridgehead atoms. The van der Waals surface area contributed by atoms with Gasteiger partial charge in [-0.05, 0) is 19.1 Å². The fourth-order valence-corrected chi connectivity index (χ4v) is 3.52. The monoisotopic (exact) mass is 345 g/mol. The summed E-state index contributed by atoms with van der Waals surface area (Å²) in [5.41, 5.74) is 0. The highest BCUT2D eigenvalue weighted by molar-refractivity contribution is 7.16. The van der Waals surface area contributed by atoms with Crippen LogP contribution in [0.4, 0.5) is 4.79 Å². The van der Waals surface area contributed by atoms with Crippen LogP contribution in [0, 0.1) is 0 Å². The number of carbonyl (C=O) groups is 2. The van der Waals surface area contributed by atoms with Gasteiger partial charge in [0, 0.05) is 37.6 Å². The molecule has 1 aromatic rings. The van der Waals surface area contributed by atoms with Gasteiger partial charge in [-0.25, -0.2) is 4.79 Å². The second-order valence-electron chi connectivity index (χ2n) is 5.17. The lowest BCUT2D eigenvalue weighted by molar-refractivity contribution is -0.125. The minimum absolute atomic E-state index is 0.328. The molecule has 2 amide bonds. The summed E-state index contributed by atoms with van der Waals surface area (Å²) < 4.78 is 5.24. The van der Waals surface area contributed by atoms with Crippen molar-refractivity contribution in [2.75, 3.05) is 33.3 Å². The maximum Gasteiger partial charge on any atom is 0.413 e. The van der Waals surface area contributed by atoms with Gasteiger partial charge in [0.15, 0.2) is 0 Å². The van der Waals surface area contributed by atoms with Gasteiger partial charge in [0.2, 0.25) is 5.91 Å². The van der Waals surface area contributed by atoms with Crippen LogP contribution in [0.15, 0.2) is 12.1 Å². The zero-order valence-corrected chi connectivity index (χ0v) is 14.2. The van der Waals surface area contributed by atoms with Crippen molar-refractivity contribution < 1.29 is 14.3 Å². The van der Waals surface area contributed by atoms with Crippen molar-refractivity contribution >= 4 is 34.9 Å². The number of hydrogen-bond acceptors (Lipinski definition) is 6. The molecule has 122 valence electrons. The second-order valence-corrected chi connectivity index (χ2v) is 6.97. The molecule has 6 nitrogen and oxygen atoms in total. The topological polar surface area (TPSA) is 61.9 Å². The molecule has 0 saturated carbocycles. The number of piperazine rings is 1. The Morgan fingerprint density at radius 1 is 1.36 bits per heavy atom. The quantitative estimate of drug-likeness (QED) is 0.901. The van der Waals surface area contributed by atoms with Gasteiger partial charge in [0.25, 0.3) is 0 Å². The molecule has 1 aromatic heterocycles. The van der Waals surface area contributed by atoms with Crippen LogP contribution in [-0.2, 0) is 16.1 Å². The third-order valence-corrected chi connectivity index (χ3v) is 4.97. The molecule has 1 aliphatic rings. The van der Waals surface area contributed by atoms with E-state index in [1.807, 2.05) is 12.1 Å². The predicted molar refractivity (Wildman–Crippen MR) is 86.2 cm³/mol. The summed E-state index contributed by atoms with van der Waals surface area (Å²) in [5, 5.41) is 2.21. The summed E-state index contributed by atoms with van der Waals surface area (Å²) in [6.45, 7) is 6.02. The van der Waals surface area contributed by atoms with Gasteiger partial charge in [-0.1, -0.05) is 11.6 Å². The van der Waals surface area contributed by atoms with E-state index in [0.717, 1.165) is 37.1 Å². The number of imide groups is 1. The fraction of sp³-hybridized carbons (Fsp3) is 0.571. The van der Waals surface area contributed by atoms with Crippen LogP contribution < -0.4 is 5.32 Å². The summed E-state index contributed by atoms with van der Waals surface area (Å²) in [7, 11) is 1.24. The Kier molecular flexibility index (Phi) is 6.19. The molecule has 1 fully saturated rings. The van der Waals surface area contributed by atoms with Gasteiger partial charge in [0.1, 0.15) is 0 Å². The second kappa shape index (κ2) is 7.92. The van der Waals surface area contributed by atoms with Crippen LogP contribution in [0.2, 0.25) is 4.34 Å². The minimum atomic E-state index is -0.718. The molecule has 1 aliphatic heterocycles. The summed E-state index contributed by atoms with van der Waals surface area (Å²) in [4.78, 5) is 28.6. The summed E-state index contributed by atoms with van der Waals surface area (Å²) >= 11 is 7.54. The van der Waals surface area contributed by atoms with E-state index in [9.17, 15) is 9.59 Å². The highest BCUT2D eigenvalue weighted by atomic mass is 35.5. The van der Waals surface area contributed by atoms with Gasteiger partial charge < -0.3 is 4.74 Å². The van der Waals surface area contributed by atoms with E-state index in [4.69, 9.17) is 11.6 Å². The molecule has 2 heterocycles. The molecule has 1 saturated heterocycles. The lowest BCUT2D eigenvalue weighted by Gasteiger charge is -2.37. The number of thiophene rings is 1. The van der Waals surface area contributed by atoms with Crippen molar-refractivity contribution in [2.24, 2.45) is 0 Å². The summed E-state index contributed by atoms with van der Waals surface area (Å²) in [5.74, 6) is -0.328. The number of alkyl carbamates (subject to hydrolysis) is 1. The zero-order valence-electron chi connectivity index (χ0n) is 12.7. The van der Waals surface area contributed by atoms with Crippen molar-refractivity contribution in [1.82, 2.24) is 15.1 Å². The van der Waals surface area contributed by atoms with Crippen LogP contribution in [0.3, 0.4) is 0 Å². The van der Waals surface area contributed by atoms with Crippen molar-refractivity contribution in [3.63, 3.8) is 0 Å². The first-order chi connectivity index (χ1) is 10.5. The van der Waals surface area contributed by atoms with E-state index in [-0.39, 0.29) is 11.9 Å². The van der Waals surface area contributed by atoms with Gasteiger partial charge in [-0.2, -0.15) is 0 Å². The highest BCUT2D eigenvalue weighted by Gasteiger charge is 2.26. The van der Waals surface area contributed by atoms with E-state index < -0.39 is 6.09 Å². The Bertz CT molecular complexity index is 529. The van der Waals surface area contributed by atoms with Gasteiger partial charge in [-0.15, -0.1) is 11.3 Å². The number of nitrogens with one attached hydrogen (secondary N) is 1. The maximum absolute atomic E-state index is 11.9. The molecule has 1 atom stereocenters. The van der Waals surface area contributed by atoms with Crippen LogP contribution >= 0.6 is 22.9 Å². The number of hydrogen-bond donors (Lipinski definition) is 1. The number of nitrogens with zero attached hydrogens (tertiary/aromatic N) is 2. The normalized spacial score (nSPS) is 18.0. The molecule has 0 unspecified atom stereocenters. The maximum atomic E-state index is 11.9. The van der Waals surface area contributed by atoms with E-state index in [1.165, 1.54) is 12.0 Å². The Hall–Kier alpha value is -1.15. The molecule has 2 rings (SSSR count). The average Bonchev–Trinajstić information content (AvgIpc) is 2.92. The van der Waals surface area contributed by atoms with Gasteiger partial charge in [-0.3, -0.25) is 19.9 Å². The molecular formula is C14H20ClN3O3S.